The third kappa shape index (κ3) is 5.00. The lowest BCUT2D eigenvalue weighted by Gasteiger charge is -2.12. The van der Waals surface area contributed by atoms with Gasteiger partial charge in [-0.15, -0.1) is 0 Å². The zero-order valence-corrected chi connectivity index (χ0v) is 17.6. The number of amides is 1. The molecule has 0 saturated carbocycles. The van der Waals surface area contributed by atoms with Gasteiger partial charge in [0.15, 0.2) is 0 Å². The van der Waals surface area contributed by atoms with E-state index in [2.05, 4.69) is 28.9 Å². The minimum Gasteiger partial charge on any atom is -0.328 e. The Balaban J connectivity index is 1.48. The summed E-state index contributed by atoms with van der Waals surface area (Å²) >= 11 is 0. The zero-order chi connectivity index (χ0) is 21.6. The summed E-state index contributed by atoms with van der Waals surface area (Å²) in [5.74, 6) is 0.649. The Hall–Kier alpha value is -3.47. The van der Waals surface area contributed by atoms with Crippen molar-refractivity contribution in [3.63, 3.8) is 0 Å². The highest BCUT2D eigenvalue weighted by Crippen LogP contribution is 2.21. The molecule has 0 spiro atoms. The van der Waals surface area contributed by atoms with Crippen molar-refractivity contribution < 1.29 is 9.18 Å². The van der Waals surface area contributed by atoms with Crippen LogP contribution in [0.2, 0.25) is 0 Å². The number of aryl methyl sites for hydroxylation is 3. The number of halogens is 1. The molecule has 0 aliphatic carbocycles. The summed E-state index contributed by atoms with van der Waals surface area (Å²) in [7, 11) is 0. The SMILES string of the molecule is CCCn1c(CCc2ccccc2NC(=O)Cc2ccc(F)cc2)nc2ccccc21. The minimum absolute atomic E-state index is 0.114. The van der Waals surface area contributed by atoms with Gasteiger partial charge in [0.1, 0.15) is 11.6 Å². The molecule has 1 aromatic heterocycles. The highest BCUT2D eigenvalue weighted by atomic mass is 19.1. The molecule has 0 bridgehead atoms. The van der Waals surface area contributed by atoms with E-state index in [1.165, 1.54) is 17.6 Å². The van der Waals surface area contributed by atoms with Gasteiger partial charge in [0.25, 0.3) is 0 Å². The van der Waals surface area contributed by atoms with Gasteiger partial charge in [-0.3, -0.25) is 4.79 Å². The van der Waals surface area contributed by atoms with Crippen molar-refractivity contribution in [2.45, 2.75) is 39.2 Å². The van der Waals surface area contributed by atoms with E-state index in [0.717, 1.165) is 54.0 Å². The normalized spacial score (nSPS) is 11.0. The van der Waals surface area contributed by atoms with Crippen LogP contribution in [0.4, 0.5) is 10.1 Å². The average molecular weight is 416 g/mol. The molecule has 4 aromatic rings. The number of anilines is 1. The van der Waals surface area contributed by atoms with Crippen LogP contribution in [0.25, 0.3) is 11.0 Å². The van der Waals surface area contributed by atoms with Gasteiger partial charge in [0.2, 0.25) is 5.91 Å². The Kier molecular flexibility index (Phi) is 6.41. The van der Waals surface area contributed by atoms with Gasteiger partial charge < -0.3 is 9.88 Å². The summed E-state index contributed by atoms with van der Waals surface area (Å²) in [6.45, 7) is 3.11. The van der Waals surface area contributed by atoms with Crippen LogP contribution in [0.1, 0.15) is 30.3 Å². The van der Waals surface area contributed by atoms with E-state index < -0.39 is 0 Å². The molecular weight excluding hydrogens is 389 g/mol. The van der Waals surface area contributed by atoms with Gasteiger partial charge >= 0.3 is 0 Å². The van der Waals surface area contributed by atoms with Crippen LogP contribution in [0, 0.1) is 5.82 Å². The summed E-state index contributed by atoms with van der Waals surface area (Å²) in [4.78, 5) is 17.4. The molecule has 5 heteroatoms. The van der Waals surface area contributed by atoms with Crippen molar-refractivity contribution in [3.8, 4) is 0 Å². The van der Waals surface area contributed by atoms with E-state index in [4.69, 9.17) is 4.98 Å². The first-order chi connectivity index (χ1) is 15.1. The number of para-hydroxylation sites is 3. The van der Waals surface area contributed by atoms with Gasteiger partial charge in [-0.05, 0) is 54.3 Å². The van der Waals surface area contributed by atoms with E-state index in [1.54, 1.807) is 12.1 Å². The number of benzene rings is 3. The molecule has 0 aliphatic rings. The lowest BCUT2D eigenvalue weighted by molar-refractivity contribution is -0.115. The van der Waals surface area contributed by atoms with Crippen LogP contribution in [-0.4, -0.2) is 15.5 Å². The van der Waals surface area contributed by atoms with Crippen molar-refractivity contribution >= 4 is 22.6 Å². The number of nitrogens with one attached hydrogen (secondary N) is 1. The average Bonchev–Trinajstić information content (AvgIpc) is 3.12. The number of rotatable bonds is 8. The van der Waals surface area contributed by atoms with Crippen LogP contribution in [-0.2, 0) is 30.6 Å². The molecular formula is C26H26FN3O. The van der Waals surface area contributed by atoms with E-state index in [0.29, 0.717) is 0 Å². The lowest BCUT2D eigenvalue weighted by Crippen LogP contribution is -2.16. The Labute approximate surface area is 181 Å². The molecule has 1 N–H and O–H groups in total. The fourth-order valence-corrected chi connectivity index (χ4v) is 3.88. The first kappa shape index (κ1) is 20.8. The molecule has 4 rings (SSSR count). The fourth-order valence-electron chi connectivity index (χ4n) is 3.88. The third-order valence-electron chi connectivity index (χ3n) is 5.37. The molecule has 31 heavy (non-hydrogen) atoms. The fraction of sp³-hybridized carbons (Fsp3) is 0.231. The number of fused-ring (bicyclic) bond motifs is 1. The molecule has 4 nitrogen and oxygen atoms in total. The Morgan fingerprint density at radius 1 is 0.968 bits per heavy atom. The summed E-state index contributed by atoms with van der Waals surface area (Å²) in [5, 5.41) is 3.02. The highest BCUT2D eigenvalue weighted by molar-refractivity contribution is 5.93. The first-order valence-corrected chi connectivity index (χ1v) is 10.7. The molecule has 1 amide bonds. The summed E-state index contributed by atoms with van der Waals surface area (Å²) in [6, 6.07) is 22.1. The topological polar surface area (TPSA) is 46.9 Å². The third-order valence-corrected chi connectivity index (χ3v) is 5.37. The van der Waals surface area contributed by atoms with Crippen LogP contribution >= 0.6 is 0 Å². The van der Waals surface area contributed by atoms with Gasteiger partial charge in [-0.1, -0.05) is 49.4 Å². The molecule has 0 saturated heterocycles. The maximum atomic E-state index is 13.1. The minimum atomic E-state index is -0.302. The van der Waals surface area contributed by atoms with E-state index in [1.807, 2.05) is 36.4 Å². The number of nitrogens with zero attached hydrogens (tertiary/aromatic N) is 2. The molecule has 0 fully saturated rings. The molecule has 158 valence electrons. The van der Waals surface area contributed by atoms with E-state index in [-0.39, 0.29) is 18.1 Å². The van der Waals surface area contributed by atoms with Crippen LogP contribution in [0.3, 0.4) is 0 Å². The second kappa shape index (κ2) is 9.56. The van der Waals surface area contributed by atoms with Gasteiger partial charge in [0, 0.05) is 18.7 Å². The zero-order valence-electron chi connectivity index (χ0n) is 17.6. The van der Waals surface area contributed by atoms with Gasteiger partial charge in [-0.2, -0.15) is 0 Å². The number of imidazole rings is 1. The van der Waals surface area contributed by atoms with E-state index >= 15 is 0 Å². The van der Waals surface area contributed by atoms with Crippen molar-refractivity contribution in [2.24, 2.45) is 0 Å². The van der Waals surface area contributed by atoms with Crippen molar-refractivity contribution in [3.05, 3.63) is 95.6 Å². The van der Waals surface area contributed by atoms with Crippen molar-refractivity contribution in [2.75, 3.05) is 5.32 Å². The lowest BCUT2D eigenvalue weighted by atomic mass is 10.1. The maximum absolute atomic E-state index is 13.1. The Bertz CT molecular complexity index is 1180. The number of hydrogen-bond donors (Lipinski definition) is 1. The largest absolute Gasteiger partial charge is 0.328 e. The molecule has 0 unspecified atom stereocenters. The summed E-state index contributed by atoms with van der Waals surface area (Å²) < 4.78 is 15.4. The summed E-state index contributed by atoms with van der Waals surface area (Å²) in [6.07, 6.45) is 2.82. The van der Waals surface area contributed by atoms with E-state index in [9.17, 15) is 9.18 Å². The van der Waals surface area contributed by atoms with Crippen LogP contribution in [0.5, 0.6) is 0 Å². The molecule has 3 aromatic carbocycles. The monoisotopic (exact) mass is 415 g/mol. The first-order valence-electron chi connectivity index (χ1n) is 10.7. The standard InChI is InChI=1S/C26H26FN3O/c1-2-17-30-24-10-6-5-9-23(24)28-25(30)16-13-20-7-3-4-8-22(20)29-26(31)18-19-11-14-21(27)15-12-19/h3-12,14-15H,2,13,16-18H2,1H3,(H,29,31). The van der Waals surface area contributed by atoms with Crippen LogP contribution < -0.4 is 5.32 Å². The van der Waals surface area contributed by atoms with Crippen molar-refractivity contribution in [1.82, 2.24) is 9.55 Å². The van der Waals surface area contributed by atoms with Gasteiger partial charge in [-0.25, -0.2) is 9.37 Å². The number of aromatic nitrogens is 2. The number of carbonyl (C=O) groups excluding carboxylic acids is 1. The predicted octanol–water partition coefficient (Wildman–Crippen LogP) is 5.55. The quantitative estimate of drug-likeness (QED) is 0.410. The smallest absolute Gasteiger partial charge is 0.228 e. The Morgan fingerprint density at radius 2 is 1.71 bits per heavy atom. The second-order valence-electron chi connectivity index (χ2n) is 7.68. The Morgan fingerprint density at radius 3 is 2.52 bits per heavy atom. The molecule has 0 radical (unpaired) electrons. The van der Waals surface area contributed by atoms with Gasteiger partial charge in [0.05, 0.1) is 17.5 Å². The number of hydrogen-bond acceptors (Lipinski definition) is 2. The van der Waals surface area contributed by atoms with Crippen molar-refractivity contribution in [1.29, 1.82) is 0 Å². The maximum Gasteiger partial charge on any atom is 0.228 e. The molecule has 0 atom stereocenters. The number of carbonyl (C=O) groups is 1. The predicted molar refractivity (Wildman–Crippen MR) is 123 cm³/mol. The van der Waals surface area contributed by atoms with Crippen LogP contribution in [0.15, 0.2) is 72.8 Å². The highest BCUT2D eigenvalue weighted by Gasteiger charge is 2.12. The second-order valence-corrected chi connectivity index (χ2v) is 7.68. The molecule has 0 aliphatic heterocycles. The molecule has 1 heterocycles. The summed E-state index contributed by atoms with van der Waals surface area (Å²) in [5.41, 5.74) is 4.86.